The Morgan fingerprint density at radius 3 is 2.50 bits per heavy atom. The number of aryl methyl sites for hydroxylation is 1. The van der Waals surface area contributed by atoms with Gasteiger partial charge in [-0.25, -0.2) is 8.42 Å². The molecule has 1 heterocycles. The third kappa shape index (κ3) is 5.33. The monoisotopic (exact) mass is 430 g/mol. The predicted molar refractivity (Wildman–Crippen MR) is 120 cm³/mol. The number of fused-ring (bicyclic) bond motifs is 1. The van der Waals surface area contributed by atoms with E-state index in [9.17, 15) is 13.2 Å². The van der Waals surface area contributed by atoms with Gasteiger partial charge in [0, 0.05) is 6.54 Å². The Hall–Kier alpha value is -2.54. The van der Waals surface area contributed by atoms with Gasteiger partial charge in [-0.15, -0.1) is 0 Å². The Bertz CT molecular complexity index is 998. The maximum absolute atomic E-state index is 12.7. The third-order valence-electron chi connectivity index (χ3n) is 5.17. The molecule has 0 saturated carbocycles. The van der Waals surface area contributed by atoms with Crippen molar-refractivity contribution in [2.75, 3.05) is 23.7 Å². The highest BCUT2D eigenvalue weighted by Gasteiger charge is 2.35. The number of nitrogens with zero attached hydrogens (tertiary/aromatic N) is 1. The quantitative estimate of drug-likeness (QED) is 0.714. The number of hydrogen-bond acceptors (Lipinski definition) is 4. The average Bonchev–Trinajstić information content (AvgIpc) is 2.69. The maximum atomic E-state index is 12.7. The largest absolute Gasteiger partial charge is 0.476 e. The van der Waals surface area contributed by atoms with Crippen LogP contribution in [-0.2, 0) is 26.7 Å². The summed E-state index contributed by atoms with van der Waals surface area (Å²) in [5.41, 5.74) is 2.57. The molecule has 0 aliphatic carbocycles. The fourth-order valence-electron chi connectivity index (χ4n) is 3.43. The van der Waals surface area contributed by atoms with Gasteiger partial charge < -0.3 is 10.1 Å². The topological polar surface area (TPSA) is 75.7 Å². The number of carbonyl (C=O) groups is 1. The number of anilines is 1. The van der Waals surface area contributed by atoms with E-state index in [2.05, 4.69) is 38.2 Å². The lowest BCUT2D eigenvalue weighted by atomic mass is 9.86. The zero-order valence-electron chi connectivity index (χ0n) is 18.0. The summed E-state index contributed by atoms with van der Waals surface area (Å²) in [7, 11) is -3.56. The number of sulfonamides is 1. The van der Waals surface area contributed by atoms with E-state index in [0.717, 1.165) is 24.7 Å². The standard InChI is InChI=1S/C23H30N2O4S/c1-23(2,3)18-12-13-20-19(15-18)25(30(4,27)28)16-21(29-20)22(26)24-14-8-11-17-9-6-5-7-10-17/h5-7,9-10,12-13,15,21H,8,11,14,16H2,1-4H3,(H,24,26)/t21-/m0/s1. The van der Waals surface area contributed by atoms with Gasteiger partial charge in [-0.05, 0) is 41.5 Å². The number of amides is 1. The summed E-state index contributed by atoms with van der Waals surface area (Å²) in [5.74, 6) is 0.103. The molecule has 0 fully saturated rings. The van der Waals surface area contributed by atoms with Gasteiger partial charge in [-0.3, -0.25) is 9.10 Å². The van der Waals surface area contributed by atoms with Crippen LogP contribution in [-0.4, -0.2) is 39.8 Å². The SMILES string of the molecule is CC(C)(C)c1ccc2c(c1)N(S(C)(=O)=O)C[C@@H](C(=O)NCCCc1ccccc1)O2. The van der Waals surface area contributed by atoms with Gasteiger partial charge >= 0.3 is 0 Å². The Morgan fingerprint density at radius 1 is 1.17 bits per heavy atom. The molecule has 0 radical (unpaired) electrons. The lowest BCUT2D eigenvalue weighted by Gasteiger charge is -2.35. The van der Waals surface area contributed by atoms with Crippen molar-refractivity contribution in [3.8, 4) is 5.75 Å². The molecule has 7 heteroatoms. The van der Waals surface area contributed by atoms with Crippen LogP contribution in [0.1, 0.15) is 38.3 Å². The number of nitrogens with one attached hydrogen (secondary N) is 1. The number of hydrogen-bond donors (Lipinski definition) is 1. The second-order valence-corrected chi connectivity index (χ2v) is 10.6. The van der Waals surface area contributed by atoms with E-state index < -0.39 is 16.1 Å². The van der Waals surface area contributed by atoms with Gasteiger partial charge in [-0.1, -0.05) is 57.2 Å². The number of carbonyl (C=O) groups excluding carboxylic acids is 1. The summed E-state index contributed by atoms with van der Waals surface area (Å²) >= 11 is 0. The summed E-state index contributed by atoms with van der Waals surface area (Å²) < 4.78 is 32.0. The summed E-state index contributed by atoms with van der Waals surface area (Å²) in [6, 6.07) is 15.6. The highest BCUT2D eigenvalue weighted by Crippen LogP contribution is 2.38. The molecular formula is C23H30N2O4S. The highest BCUT2D eigenvalue weighted by molar-refractivity contribution is 7.92. The van der Waals surface area contributed by atoms with Crippen LogP contribution in [0.3, 0.4) is 0 Å². The average molecular weight is 431 g/mol. The van der Waals surface area contributed by atoms with Gasteiger partial charge in [0.2, 0.25) is 10.0 Å². The van der Waals surface area contributed by atoms with E-state index in [1.54, 1.807) is 6.07 Å². The molecule has 2 aromatic carbocycles. The predicted octanol–water partition coefficient (Wildman–Crippen LogP) is 3.26. The van der Waals surface area contributed by atoms with Crippen LogP contribution in [0.2, 0.25) is 0 Å². The van der Waals surface area contributed by atoms with Crippen LogP contribution in [0.25, 0.3) is 0 Å². The number of rotatable bonds is 6. The van der Waals surface area contributed by atoms with Crippen molar-refractivity contribution in [3.63, 3.8) is 0 Å². The lowest BCUT2D eigenvalue weighted by Crippen LogP contribution is -2.50. The van der Waals surface area contributed by atoms with E-state index in [4.69, 9.17) is 4.74 Å². The first-order valence-corrected chi connectivity index (χ1v) is 12.0. The molecule has 2 aromatic rings. The Balaban J connectivity index is 1.69. The van der Waals surface area contributed by atoms with Crippen molar-refractivity contribution < 1.29 is 17.9 Å². The first-order valence-electron chi connectivity index (χ1n) is 10.2. The first kappa shape index (κ1) is 22.2. The lowest BCUT2D eigenvalue weighted by molar-refractivity contribution is -0.127. The molecule has 1 aliphatic rings. The number of benzene rings is 2. The van der Waals surface area contributed by atoms with Crippen molar-refractivity contribution in [2.45, 2.75) is 45.1 Å². The molecule has 0 spiro atoms. The fourth-order valence-corrected chi connectivity index (χ4v) is 4.34. The van der Waals surface area contributed by atoms with E-state index >= 15 is 0 Å². The maximum Gasteiger partial charge on any atom is 0.263 e. The fraction of sp³-hybridized carbons (Fsp3) is 0.435. The van der Waals surface area contributed by atoms with Crippen LogP contribution in [0.4, 0.5) is 5.69 Å². The first-order chi connectivity index (χ1) is 14.1. The Morgan fingerprint density at radius 2 is 1.87 bits per heavy atom. The second-order valence-electron chi connectivity index (χ2n) is 8.71. The smallest absolute Gasteiger partial charge is 0.263 e. The van der Waals surface area contributed by atoms with E-state index in [-0.39, 0.29) is 17.9 Å². The van der Waals surface area contributed by atoms with Crippen LogP contribution < -0.4 is 14.4 Å². The molecule has 0 saturated heterocycles. The van der Waals surface area contributed by atoms with E-state index in [1.165, 1.54) is 9.87 Å². The van der Waals surface area contributed by atoms with Crippen LogP contribution >= 0.6 is 0 Å². The molecule has 0 aromatic heterocycles. The van der Waals surface area contributed by atoms with Crippen LogP contribution in [0.5, 0.6) is 5.75 Å². The summed E-state index contributed by atoms with van der Waals surface area (Å²) in [6.07, 6.45) is 1.93. The molecule has 1 N–H and O–H groups in total. The molecule has 162 valence electrons. The zero-order valence-corrected chi connectivity index (χ0v) is 18.8. The molecule has 1 aliphatic heterocycles. The van der Waals surface area contributed by atoms with Crippen molar-refractivity contribution >= 4 is 21.6 Å². The van der Waals surface area contributed by atoms with Gasteiger partial charge in [0.25, 0.3) is 5.91 Å². The zero-order chi connectivity index (χ0) is 21.9. The van der Waals surface area contributed by atoms with Crippen LogP contribution in [0.15, 0.2) is 48.5 Å². The molecule has 0 unspecified atom stereocenters. The van der Waals surface area contributed by atoms with E-state index in [1.807, 2.05) is 30.3 Å². The highest BCUT2D eigenvalue weighted by atomic mass is 32.2. The van der Waals surface area contributed by atoms with Gasteiger partial charge in [0.05, 0.1) is 18.5 Å². The molecular weight excluding hydrogens is 400 g/mol. The molecule has 3 rings (SSSR count). The molecule has 30 heavy (non-hydrogen) atoms. The summed E-state index contributed by atoms with van der Waals surface area (Å²) in [6.45, 7) is 6.66. The third-order valence-corrected chi connectivity index (χ3v) is 6.32. The normalized spacial score (nSPS) is 16.5. The van der Waals surface area contributed by atoms with E-state index in [0.29, 0.717) is 18.0 Å². The second kappa shape index (κ2) is 8.68. The van der Waals surface area contributed by atoms with Crippen LogP contribution in [0, 0.1) is 0 Å². The van der Waals surface area contributed by atoms with Crippen molar-refractivity contribution in [1.82, 2.24) is 5.32 Å². The van der Waals surface area contributed by atoms with Gasteiger partial charge in [0.15, 0.2) is 6.10 Å². The Kier molecular flexibility index (Phi) is 6.41. The van der Waals surface area contributed by atoms with Crippen molar-refractivity contribution in [2.24, 2.45) is 0 Å². The van der Waals surface area contributed by atoms with Crippen molar-refractivity contribution in [1.29, 1.82) is 0 Å². The number of ether oxygens (including phenoxy) is 1. The summed E-state index contributed by atoms with van der Waals surface area (Å²) in [4.78, 5) is 12.7. The minimum atomic E-state index is -3.56. The minimum absolute atomic E-state index is 0.0377. The van der Waals surface area contributed by atoms with Crippen molar-refractivity contribution in [3.05, 3.63) is 59.7 Å². The van der Waals surface area contributed by atoms with Gasteiger partial charge in [0.1, 0.15) is 5.75 Å². The Labute approximate surface area is 179 Å². The summed E-state index contributed by atoms with van der Waals surface area (Å²) in [5, 5.41) is 2.88. The molecule has 1 atom stereocenters. The molecule has 1 amide bonds. The molecule has 6 nitrogen and oxygen atoms in total. The van der Waals surface area contributed by atoms with Gasteiger partial charge in [-0.2, -0.15) is 0 Å². The molecule has 0 bridgehead atoms. The minimum Gasteiger partial charge on any atom is -0.476 e.